The van der Waals surface area contributed by atoms with Gasteiger partial charge in [-0.1, -0.05) is 0 Å². The lowest BCUT2D eigenvalue weighted by atomic mass is 9.97. The number of halogens is 1. The van der Waals surface area contributed by atoms with Gasteiger partial charge in [0.15, 0.2) is 0 Å². The summed E-state index contributed by atoms with van der Waals surface area (Å²) in [5.74, 6) is -0.447. The predicted molar refractivity (Wildman–Crippen MR) is 96.5 cm³/mol. The smallest absolute Gasteiger partial charge is 0.243 e. The third-order valence-corrected chi connectivity index (χ3v) is 7.05. The number of carbonyl (C=O) groups is 1. The molecule has 8 heteroatoms. The van der Waals surface area contributed by atoms with E-state index >= 15 is 0 Å². The van der Waals surface area contributed by atoms with E-state index in [0.29, 0.717) is 31.8 Å². The Morgan fingerprint density at radius 2 is 2.00 bits per heavy atom. The molecule has 0 bridgehead atoms. The Bertz CT molecular complexity index is 718. The van der Waals surface area contributed by atoms with Crippen LogP contribution in [0.25, 0.3) is 0 Å². The third-order valence-electron chi connectivity index (χ3n) is 5.17. The fourth-order valence-corrected chi connectivity index (χ4v) is 5.14. The number of hydrogen-bond acceptors (Lipinski definition) is 4. The zero-order valence-electron chi connectivity index (χ0n) is 14.8. The summed E-state index contributed by atoms with van der Waals surface area (Å²) >= 11 is 0. The van der Waals surface area contributed by atoms with Gasteiger partial charge in [0.05, 0.1) is 10.8 Å². The molecule has 1 amide bonds. The molecule has 0 spiro atoms. The van der Waals surface area contributed by atoms with Crippen molar-refractivity contribution in [3.8, 4) is 0 Å². The average molecular weight is 383 g/mol. The van der Waals surface area contributed by atoms with E-state index in [1.807, 2.05) is 0 Å². The van der Waals surface area contributed by atoms with Crippen LogP contribution in [0.2, 0.25) is 0 Å². The van der Waals surface area contributed by atoms with Crippen LogP contribution in [0, 0.1) is 17.7 Å². The van der Waals surface area contributed by atoms with E-state index < -0.39 is 15.8 Å². The van der Waals surface area contributed by atoms with Gasteiger partial charge in [0, 0.05) is 19.6 Å². The topological polar surface area (TPSA) is 78.5 Å². The summed E-state index contributed by atoms with van der Waals surface area (Å²) in [5.41, 5.74) is 0. The molecule has 2 heterocycles. The van der Waals surface area contributed by atoms with Crippen LogP contribution in [0.4, 0.5) is 4.39 Å². The molecular formula is C18H26FN3O3S. The van der Waals surface area contributed by atoms with Crippen molar-refractivity contribution in [2.45, 2.75) is 30.6 Å². The molecule has 2 N–H and O–H groups in total. The molecule has 0 aromatic heterocycles. The Balaban J connectivity index is 1.59. The van der Waals surface area contributed by atoms with Crippen LogP contribution in [0.5, 0.6) is 0 Å². The molecule has 1 aromatic carbocycles. The predicted octanol–water partition coefficient (Wildman–Crippen LogP) is 1.34. The first-order valence-corrected chi connectivity index (χ1v) is 10.6. The van der Waals surface area contributed by atoms with Crippen molar-refractivity contribution in [1.82, 2.24) is 14.9 Å². The largest absolute Gasteiger partial charge is 0.355 e. The number of rotatable bonds is 5. The normalized spacial score (nSPS) is 25.0. The fourth-order valence-electron chi connectivity index (χ4n) is 3.62. The Morgan fingerprint density at radius 1 is 1.23 bits per heavy atom. The van der Waals surface area contributed by atoms with Gasteiger partial charge in [-0.3, -0.25) is 4.79 Å². The Hall–Kier alpha value is -1.51. The number of hydrogen-bond donors (Lipinski definition) is 2. The van der Waals surface area contributed by atoms with Gasteiger partial charge in [-0.15, -0.1) is 0 Å². The van der Waals surface area contributed by atoms with E-state index in [1.54, 1.807) is 0 Å². The first-order valence-electron chi connectivity index (χ1n) is 9.21. The van der Waals surface area contributed by atoms with Crippen LogP contribution in [-0.4, -0.2) is 51.4 Å². The molecule has 2 unspecified atom stereocenters. The summed E-state index contributed by atoms with van der Waals surface area (Å²) in [4.78, 5) is 12.6. The molecule has 0 aliphatic carbocycles. The molecule has 2 fully saturated rings. The quantitative estimate of drug-likeness (QED) is 0.804. The highest BCUT2D eigenvalue weighted by molar-refractivity contribution is 7.89. The van der Waals surface area contributed by atoms with Crippen molar-refractivity contribution in [1.29, 1.82) is 0 Å². The van der Waals surface area contributed by atoms with Crippen molar-refractivity contribution in [3.05, 3.63) is 30.1 Å². The molecule has 1 aromatic rings. The summed E-state index contributed by atoms with van der Waals surface area (Å²) in [6, 6.07) is 4.81. The van der Waals surface area contributed by atoms with Gasteiger partial charge in [0.2, 0.25) is 15.9 Å². The second-order valence-electron chi connectivity index (χ2n) is 7.11. The summed E-state index contributed by atoms with van der Waals surface area (Å²) in [6.45, 7) is 3.14. The van der Waals surface area contributed by atoms with E-state index in [0.717, 1.165) is 38.1 Å². The molecule has 0 saturated carbocycles. The minimum Gasteiger partial charge on any atom is -0.355 e. The van der Waals surface area contributed by atoms with Crippen LogP contribution in [0.15, 0.2) is 29.2 Å². The first-order chi connectivity index (χ1) is 12.5. The Morgan fingerprint density at radius 3 is 2.69 bits per heavy atom. The van der Waals surface area contributed by atoms with Crippen LogP contribution in [0.1, 0.15) is 25.7 Å². The number of sulfonamides is 1. The molecule has 0 radical (unpaired) electrons. The number of amides is 1. The van der Waals surface area contributed by atoms with Crippen molar-refractivity contribution < 1.29 is 17.6 Å². The number of nitrogens with one attached hydrogen (secondary N) is 2. The molecule has 6 nitrogen and oxygen atoms in total. The maximum absolute atomic E-state index is 13.1. The van der Waals surface area contributed by atoms with Gasteiger partial charge >= 0.3 is 0 Å². The van der Waals surface area contributed by atoms with Crippen molar-refractivity contribution in [3.63, 3.8) is 0 Å². The first kappa shape index (κ1) is 19.3. The summed E-state index contributed by atoms with van der Waals surface area (Å²) in [7, 11) is -3.70. The zero-order valence-corrected chi connectivity index (χ0v) is 15.6. The maximum Gasteiger partial charge on any atom is 0.243 e. The van der Waals surface area contributed by atoms with E-state index in [-0.39, 0.29) is 23.3 Å². The molecule has 3 rings (SSSR count). The highest BCUT2D eigenvalue weighted by Gasteiger charge is 2.33. The number of nitrogens with zero attached hydrogens (tertiary/aromatic N) is 1. The van der Waals surface area contributed by atoms with Gasteiger partial charge in [-0.25, -0.2) is 12.8 Å². The fraction of sp³-hybridized carbons (Fsp3) is 0.611. The van der Waals surface area contributed by atoms with Crippen molar-refractivity contribution in [2.75, 3.05) is 32.7 Å². The van der Waals surface area contributed by atoms with Crippen molar-refractivity contribution >= 4 is 15.9 Å². The van der Waals surface area contributed by atoms with Gasteiger partial charge in [-0.05, 0) is 69.0 Å². The summed E-state index contributed by atoms with van der Waals surface area (Å²) in [5, 5.41) is 6.31. The molecule has 26 heavy (non-hydrogen) atoms. The SMILES string of the molecule is O=C(NCC1CCCNC1)C1CCCN(S(=O)(=O)c2ccc(F)cc2)C1. The van der Waals surface area contributed by atoms with E-state index in [4.69, 9.17) is 0 Å². The lowest BCUT2D eigenvalue weighted by molar-refractivity contribution is -0.126. The maximum atomic E-state index is 13.1. The zero-order chi connectivity index (χ0) is 18.6. The molecule has 2 atom stereocenters. The molecule has 2 saturated heterocycles. The minimum atomic E-state index is -3.70. The van der Waals surface area contributed by atoms with Crippen LogP contribution in [0.3, 0.4) is 0 Å². The highest BCUT2D eigenvalue weighted by Crippen LogP contribution is 2.24. The number of piperidine rings is 2. The van der Waals surface area contributed by atoms with Gasteiger partial charge < -0.3 is 10.6 Å². The molecule has 2 aliphatic heterocycles. The molecule has 144 valence electrons. The monoisotopic (exact) mass is 383 g/mol. The Labute approximate surface area is 154 Å². The van der Waals surface area contributed by atoms with Gasteiger partial charge in [-0.2, -0.15) is 4.31 Å². The summed E-state index contributed by atoms with van der Waals surface area (Å²) < 4.78 is 39.9. The highest BCUT2D eigenvalue weighted by atomic mass is 32.2. The molecular weight excluding hydrogens is 357 g/mol. The lowest BCUT2D eigenvalue weighted by Gasteiger charge is -2.32. The van der Waals surface area contributed by atoms with Crippen LogP contribution in [-0.2, 0) is 14.8 Å². The standard InChI is InChI=1S/C18H26FN3O3S/c19-16-5-7-17(8-6-16)26(24,25)22-10-2-4-15(13-22)18(23)21-12-14-3-1-9-20-11-14/h5-8,14-15,20H,1-4,9-13H2,(H,21,23). The van der Waals surface area contributed by atoms with Gasteiger partial charge in [0.25, 0.3) is 0 Å². The van der Waals surface area contributed by atoms with E-state index in [2.05, 4.69) is 10.6 Å². The third kappa shape index (κ3) is 4.61. The average Bonchev–Trinajstić information content (AvgIpc) is 2.67. The number of benzene rings is 1. The van der Waals surface area contributed by atoms with Gasteiger partial charge in [0.1, 0.15) is 5.82 Å². The molecule has 2 aliphatic rings. The second-order valence-corrected chi connectivity index (χ2v) is 9.05. The van der Waals surface area contributed by atoms with Crippen LogP contribution >= 0.6 is 0 Å². The summed E-state index contributed by atoms with van der Waals surface area (Å²) in [6.07, 6.45) is 3.55. The lowest BCUT2D eigenvalue weighted by Crippen LogP contribution is -2.47. The number of carbonyl (C=O) groups excluding carboxylic acids is 1. The minimum absolute atomic E-state index is 0.0632. The van der Waals surface area contributed by atoms with Crippen molar-refractivity contribution in [2.24, 2.45) is 11.8 Å². The van der Waals surface area contributed by atoms with Crippen LogP contribution < -0.4 is 10.6 Å². The Kier molecular flexibility index (Phi) is 6.26. The van der Waals surface area contributed by atoms with E-state index in [9.17, 15) is 17.6 Å². The second kappa shape index (κ2) is 8.45. The van der Waals surface area contributed by atoms with E-state index in [1.165, 1.54) is 16.4 Å².